The molecule has 1 amide bonds. The summed E-state index contributed by atoms with van der Waals surface area (Å²) in [6.07, 6.45) is 2.61. The third kappa shape index (κ3) is 3.11. The van der Waals surface area contributed by atoms with Crippen LogP contribution in [0.5, 0.6) is 0 Å². The molecule has 2 saturated heterocycles. The summed E-state index contributed by atoms with van der Waals surface area (Å²) in [4.78, 5) is 16.7. The van der Waals surface area contributed by atoms with Gasteiger partial charge < -0.3 is 4.90 Å². The van der Waals surface area contributed by atoms with Gasteiger partial charge in [0.15, 0.2) is 0 Å². The van der Waals surface area contributed by atoms with E-state index in [-0.39, 0.29) is 12.1 Å². The van der Waals surface area contributed by atoms with Crippen molar-refractivity contribution < 1.29 is 4.79 Å². The minimum absolute atomic E-state index is 0.0300. The smallest absolute Gasteiger partial charge is 0.238 e. The number of carbonyl (C=O) groups is 1. The molecule has 0 saturated carbocycles. The second-order valence-corrected chi connectivity index (χ2v) is 6.34. The van der Waals surface area contributed by atoms with E-state index in [0.29, 0.717) is 12.6 Å². The molecule has 2 heterocycles. The number of hydrogen-bond acceptors (Lipinski definition) is 3. The third-order valence-electron chi connectivity index (χ3n) is 4.66. The minimum Gasteiger partial charge on any atom is -0.320 e. The van der Waals surface area contributed by atoms with Gasteiger partial charge in [0, 0.05) is 12.6 Å². The summed E-state index contributed by atoms with van der Waals surface area (Å²) in [6.45, 7) is 7.94. The number of hydrogen-bond donors (Lipinski definition) is 1. The van der Waals surface area contributed by atoms with Crippen molar-refractivity contribution in [1.29, 1.82) is 0 Å². The molecule has 0 spiro atoms. The molecule has 0 radical (unpaired) electrons. The average Bonchev–Trinajstić information content (AvgIpc) is 3.10. The molecule has 2 fully saturated rings. The summed E-state index contributed by atoms with van der Waals surface area (Å²) in [6, 6.07) is 8.87. The molecule has 21 heavy (non-hydrogen) atoms. The molecule has 2 unspecified atom stereocenters. The lowest BCUT2D eigenvalue weighted by Crippen LogP contribution is -2.43. The van der Waals surface area contributed by atoms with Gasteiger partial charge in [-0.1, -0.05) is 29.8 Å². The number of benzene rings is 1. The highest BCUT2D eigenvalue weighted by Gasteiger charge is 2.33. The molecule has 1 aromatic rings. The highest BCUT2D eigenvalue weighted by atomic mass is 16.2. The number of nitrogens with one attached hydrogen (secondary N) is 1. The molecule has 2 aliphatic heterocycles. The number of nitrogens with zero attached hydrogens (tertiary/aromatic N) is 2. The molecule has 2 atom stereocenters. The molecule has 0 bridgehead atoms. The van der Waals surface area contributed by atoms with E-state index >= 15 is 0 Å². The van der Waals surface area contributed by atoms with Crippen molar-refractivity contribution in [3.8, 4) is 0 Å². The largest absolute Gasteiger partial charge is 0.320 e. The Labute approximate surface area is 127 Å². The number of amides is 1. The van der Waals surface area contributed by atoms with Crippen molar-refractivity contribution in [2.45, 2.75) is 38.9 Å². The Morgan fingerprint density at radius 3 is 2.81 bits per heavy atom. The average molecular weight is 287 g/mol. The van der Waals surface area contributed by atoms with Crippen LogP contribution in [0.3, 0.4) is 0 Å². The Balaban J connectivity index is 1.73. The highest BCUT2D eigenvalue weighted by Crippen LogP contribution is 2.24. The van der Waals surface area contributed by atoms with Crippen LogP contribution in [0.25, 0.3) is 0 Å². The molecule has 1 N–H and O–H groups in total. The molecule has 1 aromatic carbocycles. The van der Waals surface area contributed by atoms with Crippen LogP contribution in [0.15, 0.2) is 24.3 Å². The van der Waals surface area contributed by atoms with Crippen LogP contribution in [-0.4, -0.2) is 47.9 Å². The SMILES string of the molecule is Cc1cccc(C2NCC(=O)N2CC(C)N2CCCC2)c1. The van der Waals surface area contributed by atoms with Gasteiger partial charge in [0.25, 0.3) is 0 Å². The summed E-state index contributed by atoms with van der Waals surface area (Å²) in [5.74, 6) is 0.215. The summed E-state index contributed by atoms with van der Waals surface area (Å²) in [5, 5.41) is 3.35. The molecular weight excluding hydrogens is 262 g/mol. The molecular formula is C17H25N3O. The van der Waals surface area contributed by atoms with Crippen LogP contribution in [0, 0.1) is 6.92 Å². The molecule has 114 valence electrons. The number of carbonyl (C=O) groups excluding carboxylic acids is 1. The predicted molar refractivity (Wildman–Crippen MR) is 83.9 cm³/mol. The van der Waals surface area contributed by atoms with Gasteiger partial charge in [-0.25, -0.2) is 0 Å². The Bertz CT molecular complexity index is 511. The fourth-order valence-corrected chi connectivity index (χ4v) is 3.47. The fourth-order valence-electron chi connectivity index (χ4n) is 3.47. The van der Waals surface area contributed by atoms with Crippen LogP contribution in [0.4, 0.5) is 0 Å². The zero-order chi connectivity index (χ0) is 14.8. The van der Waals surface area contributed by atoms with Crippen molar-refractivity contribution in [2.24, 2.45) is 0 Å². The molecule has 0 aliphatic carbocycles. The Hall–Kier alpha value is -1.39. The first-order chi connectivity index (χ1) is 10.1. The van der Waals surface area contributed by atoms with E-state index < -0.39 is 0 Å². The minimum atomic E-state index is 0.0300. The lowest BCUT2D eigenvalue weighted by atomic mass is 10.1. The first-order valence-electron chi connectivity index (χ1n) is 7.98. The fraction of sp³-hybridized carbons (Fsp3) is 0.588. The number of likely N-dealkylation sites (tertiary alicyclic amines) is 1. The van der Waals surface area contributed by atoms with Gasteiger partial charge in [-0.05, 0) is 45.3 Å². The van der Waals surface area contributed by atoms with Crippen LogP contribution in [0.1, 0.15) is 37.1 Å². The van der Waals surface area contributed by atoms with Crippen molar-refractivity contribution >= 4 is 5.91 Å². The Morgan fingerprint density at radius 1 is 1.33 bits per heavy atom. The molecule has 0 aromatic heterocycles. The van der Waals surface area contributed by atoms with Crippen molar-refractivity contribution in [3.63, 3.8) is 0 Å². The second kappa shape index (κ2) is 6.16. The molecule has 2 aliphatic rings. The predicted octanol–water partition coefficient (Wildman–Crippen LogP) is 1.91. The maximum Gasteiger partial charge on any atom is 0.238 e. The Morgan fingerprint density at radius 2 is 2.10 bits per heavy atom. The van der Waals surface area contributed by atoms with Crippen molar-refractivity contribution in [2.75, 3.05) is 26.2 Å². The van der Waals surface area contributed by atoms with E-state index in [1.807, 2.05) is 4.90 Å². The third-order valence-corrected chi connectivity index (χ3v) is 4.66. The van der Waals surface area contributed by atoms with Gasteiger partial charge in [0.1, 0.15) is 6.17 Å². The first-order valence-corrected chi connectivity index (χ1v) is 7.98. The van der Waals surface area contributed by atoms with Gasteiger partial charge in [0.05, 0.1) is 6.54 Å². The first kappa shape index (κ1) is 14.5. The summed E-state index contributed by atoms with van der Waals surface area (Å²) < 4.78 is 0. The van der Waals surface area contributed by atoms with Crippen molar-refractivity contribution in [3.05, 3.63) is 35.4 Å². The van der Waals surface area contributed by atoms with Crippen LogP contribution >= 0.6 is 0 Å². The van der Waals surface area contributed by atoms with Gasteiger partial charge in [-0.3, -0.25) is 15.0 Å². The van der Waals surface area contributed by atoms with Crippen molar-refractivity contribution in [1.82, 2.24) is 15.1 Å². The lowest BCUT2D eigenvalue weighted by molar-refractivity contribution is -0.128. The standard InChI is InChI=1S/C17H25N3O/c1-13-6-5-7-15(10-13)17-18-11-16(21)20(17)12-14(2)19-8-3-4-9-19/h5-7,10,14,17-18H,3-4,8-9,11-12H2,1-2H3. The van der Waals surface area contributed by atoms with Gasteiger partial charge in [-0.15, -0.1) is 0 Å². The van der Waals surface area contributed by atoms with E-state index in [2.05, 4.69) is 48.3 Å². The number of aryl methyl sites for hydroxylation is 1. The van der Waals surface area contributed by atoms with Crippen LogP contribution < -0.4 is 5.32 Å². The van der Waals surface area contributed by atoms with Crippen LogP contribution in [-0.2, 0) is 4.79 Å². The summed E-state index contributed by atoms with van der Waals surface area (Å²) in [5.41, 5.74) is 2.43. The quantitative estimate of drug-likeness (QED) is 0.919. The summed E-state index contributed by atoms with van der Waals surface area (Å²) in [7, 11) is 0. The van der Waals surface area contributed by atoms with E-state index in [0.717, 1.165) is 6.54 Å². The second-order valence-electron chi connectivity index (χ2n) is 6.34. The maximum absolute atomic E-state index is 12.2. The molecule has 4 heteroatoms. The van der Waals surface area contributed by atoms with Gasteiger partial charge >= 0.3 is 0 Å². The summed E-state index contributed by atoms with van der Waals surface area (Å²) >= 11 is 0. The highest BCUT2D eigenvalue weighted by molar-refractivity contribution is 5.81. The zero-order valence-corrected chi connectivity index (χ0v) is 13.0. The lowest BCUT2D eigenvalue weighted by Gasteiger charge is -2.32. The maximum atomic E-state index is 12.2. The van der Waals surface area contributed by atoms with E-state index in [4.69, 9.17) is 0 Å². The monoisotopic (exact) mass is 287 g/mol. The number of rotatable bonds is 4. The zero-order valence-electron chi connectivity index (χ0n) is 13.0. The van der Waals surface area contributed by atoms with Gasteiger partial charge in [0.2, 0.25) is 5.91 Å². The van der Waals surface area contributed by atoms with Crippen LogP contribution in [0.2, 0.25) is 0 Å². The topological polar surface area (TPSA) is 35.6 Å². The van der Waals surface area contributed by atoms with E-state index in [1.54, 1.807) is 0 Å². The molecule has 3 rings (SSSR count). The van der Waals surface area contributed by atoms with Gasteiger partial charge in [-0.2, -0.15) is 0 Å². The molecule has 4 nitrogen and oxygen atoms in total. The van der Waals surface area contributed by atoms with E-state index in [1.165, 1.54) is 37.1 Å². The Kier molecular flexibility index (Phi) is 4.27. The normalized spacial score (nSPS) is 24.8. The van der Waals surface area contributed by atoms with E-state index in [9.17, 15) is 4.79 Å².